The summed E-state index contributed by atoms with van der Waals surface area (Å²) in [7, 11) is 0. The van der Waals surface area contributed by atoms with Gasteiger partial charge in [0.2, 0.25) is 0 Å². The molecule has 84 valence electrons. The lowest BCUT2D eigenvalue weighted by molar-refractivity contribution is 0.102. The standard InChI is InChI=1S/C13H10N2OS/c16-13(15-11-4-6-17-8-11)10-2-1-9-3-5-14-12(9)7-10/h1-8,14H,(H,15,16). The van der Waals surface area contributed by atoms with Crippen molar-refractivity contribution < 1.29 is 4.79 Å². The SMILES string of the molecule is O=C(Nc1ccsc1)c1ccc2cc[nH]c2c1. The first-order valence-corrected chi connectivity index (χ1v) is 6.18. The summed E-state index contributed by atoms with van der Waals surface area (Å²) in [6.07, 6.45) is 1.87. The number of aromatic nitrogens is 1. The zero-order chi connectivity index (χ0) is 11.7. The Hall–Kier alpha value is -2.07. The minimum Gasteiger partial charge on any atom is -0.361 e. The monoisotopic (exact) mass is 242 g/mol. The lowest BCUT2D eigenvalue weighted by atomic mass is 10.1. The average molecular weight is 242 g/mol. The summed E-state index contributed by atoms with van der Waals surface area (Å²) in [5.74, 6) is -0.0834. The van der Waals surface area contributed by atoms with Crippen LogP contribution < -0.4 is 5.32 Å². The third kappa shape index (κ3) is 1.94. The van der Waals surface area contributed by atoms with Crippen LogP contribution in [0.1, 0.15) is 10.4 Å². The number of aromatic amines is 1. The maximum Gasteiger partial charge on any atom is 0.255 e. The Bertz CT molecular complexity index is 655. The molecule has 0 bridgehead atoms. The number of hydrogen-bond acceptors (Lipinski definition) is 2. The van der Waals surface area contributed by atoms with E-state index in [0.29, 0.717) is 5.56 Å². The predicted molar refractivity (Wildman–Crippen MR) is 70.6 cm³/mol. The largest absolute Gasteiger partial charge is 0.361 e. The van der Waals surface area contributed by atoms with Gasteiger partial charge in [0.15, 0.2) is 0 Å². The smallest absolute Gasteiger partial charge is 0.255 e. The van der Waals surface area contributed by atoms with Crippen LogP contribution in [0.3, 0.4) is 0 Å². The maximum absolute atomic E-state index is 12.0. The molecule has 0 saturated carbocycles. The fourth-order valence-electron chi connectivity index (χ4n) is 1.73. The molecular weight excluding hydrogens is 232 g/mol. The Morgan fingerprint density at radius 2 is 2.18 bits per heavy atom. The van der Waals surface area contributed by atoms with E-state index < -0.39 is 0 Å². The summed E-state index contributed by atoms with van der Waals surface area (Å²) in [4.78, 5) is 15.1. The van der Waals surface area contributed by atoms with Crippen molar-refractivity contribution in [1.82, 2.24) is 4.98 Å². The van der Waals surface area contributed by atoms with E-state index in [4.69, 9.17) is 0 Å². The Balaban J connectivity index is 1.90. The minimum atomic E-state index is -0.0834. The van der Waals surface area contributed by atoms with Gasteiger partial charge in [0.1, 0.15) is 0 Å². The second-order valence-electron chi connectivity index (χ2n) is 3.75. The van der Waals surface area contributed by atoms with Gasteiger partial charge in [-0.2, -0.15) is 11.3 Å². The van der Waals surface area contributed by atoms with Gasteiger partial charge in [0.25, 0.3) is 5.91 Å². The first-order valence-electron chi connectivity index (χ1n) is 5.23. The maximum atomic E-state index is 12.0. The molecule has 0 saturated heterocycles. The lowest BCUT2D eigenvalue weighted by Crippen LogP contribution is -2.10. The molecule has 2 heterocycles. The van der Waals surface area contributed by atoms with Crippen molar-refractivity contribution in [2.24, 2.45) is 0 Å². The molecule has 0 fully saturated rings. The van der Waals surface area contributed by atoms with Crippen LogP contribution in [-0.4, -0.2) is 10.9 Å². The number of H-pyrrole nitrogens is 1. The summed E-state index contributed by atoms with van der Waals surface area (Å²) in [6.45, 7) is 0. The number of nitrogens with one attached hydrogen (secondary N) is 2. The molecule has 0 radical (unpaired) electrons. The summed E-state index contributed by atoms with van der Waals surface area (Å²) in [6, 6.07) is 9.49. The highest BCUT2D eigenvalue weighted by atomic mass is 32.1. The molecule has 0 atom stereocenters. The number of hydrogen-bond donors (Lipinski definition) is 2. The molecule has 0 aliphatic rings. The number of amides is 1. The van der Waals surface area contributed by atoms with Crippen LogP contribution in [0.5, 0.6) is 0 Å². The molecule has 0 aliphatic heterocycles. The minimum absolute atomic E-state index is 0.0834. The predicted octanol–water partition coefficient (Wildman–Crippen LogP) is 3.48. The van der Waals surface area contributed by atoms with Gasteiger partial charge in [-0.05, 0) is 35.0 Å². The van der Waals surface area contributed by atoms with E-state index in [0.717, 1.165) is 16.6 Å². The second kappa shape index (κ2) is 4.07. The highest BCUT2D eigenvalue weighted by molar-refractivity contribution is 7.08. The number of benzene rings is 1. The van der Waals surface area contributed by atoms with Gasteiger partial charge in [-0.15, -0.1) is 0 Å². The van der Waals surface area contributed by atoms with Crippen LogP contribution in [0.25, 0.3) is 10.9 Å². The molecule has 0 spiro atoms. The number of thiophene rings is 1. The third-order valence-corrected chi connectivity index (χ3v) is 3.28. The van der Waals surface area contributed by atoms with Crippen LogP contribution >= 0.6 is 11.3 Å². The molecule has 3 rings (SSSR count). The first kappa shape index (κ1) is 10.1. The number of anilines is 1. The lowest BCUT2D eigenvalue weighted by Gasteiger charge is -2.02. The van der Waals surface area contributed by atoms with Gasteiger partial charge in [-0.3, -0.25) is 4.79 Å². The van der Waals surface area contributed by atoms with Gasteiger partial charge in [0, 0.05) is 22.7 Å². The second-order valence-corrected chi connectivity index (χ2v) is 4.53. The van der Waals surface area contributed by atoms with Crippen molar-refractivity contribution >= 4 is 33.8 Å². The van der Waals surface area contributed by atoms with Crippen molar-refractivity contribution in [2.45, 2.75) is 0 Å². The zero-order valence-corrected chi connectivity index (χ0v) is 9.75. The van der Waals surface area contributed by atoms with E-state index in [2.05, 4.69) is 10.3 Å². The number of rotatable bonds is 2. The highest BCUT2D eigenvalue weighted by Gasteiger charge is 2.07. The topological polar surface area (TPSA) is 44.9 Å². The van der Waals surface area contributed by atoms with Gasteiger partial charge in [0.05, 0.1) is 5.69 Å². The Morgan fingerprint density at radius 1 is 1.24 bits per heavy atom. The van der Waals surface area contributed by atoms with Crippen molar-refractivity contribution in [3.05, 3.63) is 52.9 Å². The fourth-order valence-corrected chi connectivity index (χ4v) is 2.32. The molecule has 17 heavy (non-hydrogen) atoms. The van der Waals surface area contributed by atoms with E-state index in [9.17, 15) is 4.79 Å². The zero-order valence-electron chi connectivity index (χ0n) is 8.94. The van der Waals surface area contributed by atoms with Gasteiger partial charge in [-0.1, -0.05) is 6.07 Å². The van der Waals surface area contributed by atoms with E-state index in [-0.39, 0.29) is 5.91 Å². The molecule has 4 heteroatoms. The van der Waals surface area contributed by atoms with Crippen molar-refractivity contribution in [3.63, 3.8) is 0 Å². The normalized spacial score (nSPS) is 10.6. The quantitative estimate of drug-likeness (QED) is 0.710. The molecular formula is C13H10N2OS. The number of carbonyl (C=O) groups excluding carboxylic acids is 1. The molecule has 3 aromatic rings. The van der Waals surface area contributed by atoms with Gasteiger partial charge >= 0.3 is 0 Å². The summed E-state index contributed by atoms with van der Waals surface area (Å²) in [5.41, 5.74) is 2.47. The van der Waals surface area contributed by atoms with Crippen molar-refractivity contribution in [3.8, 4) is 0 Å². The van der Waals surface area contributed by atoms with E-state index in [1.807, 2.05) is 47.3 Å². The molecule has 0 aliphatic carbocycles. The molecule has 3 nitrogen and oxygen atoms in total. The number of carbonyl (C=O) groups is 1. The Labute approximate surface area is 102 Å². The van der Waals surface area contributed by atoms with Crippen LogP contribution in [-0.2, 0) is 0 Å². The first-order chi connectivity index (χ1) is 8.33. The number of fused-ring (bicyclic) bond motifs is 1. The van der Waals surface area contributed by atoms with Gasteiger partial charge in [-0.25, -0.2) is 0 Å². The molecule has 1 amide bonds. The summed E-state index contributed by atoms with van der Waals surface area (Å²) >= 11 is 1.56. The van der Waals surface area contributed by atoms with Crippen molar-refractivity contribution in [2.75, 3.05) is 5.32 Å². The van der Waals surface area contributed by atoms with E-state index >= 15 is 0 Å². The summed E-state index contributed by atoms with van der Waals surface area (Å²) < 4.78 is 0. The highest BCUT2D eigenvalue weighted by Crippen LogP contribution is 2.17. The third-order valence-electron chi connectivity index (χ3n) is 2.60. The molecule has 2 aromatic heterocycles. The molecule has 0 unspecified atom stereocenters. The van der Waals surface area contributed by atoms with Crippen molar-refractivity contribution in [1.29, 1.82) is 0 Å². The average Bonchev–Trinajstić information content (AvgIpc) is 2.97. The Morgan fingerprint density at radius 3 is 3.00 bits per heavy atom. The Kier molecular flexibility index (Phi) is 2.42. The van der Waals surface area contributed by atoms with Gasteiger partial charge < -0.3 is 10.3 Å². The molecule has 2 N–H and O–H groups in total. The van der Waals surface area contributed by atoms with Crippen LogP contribution in [0.15, 0.2) is 47.3 Å². The van der Waals surface area contributed by atoms with Crippen LogP contribution in [0.2, 0.25) is 0 Å². The fraction of sp³-hybridized carbons (Fsp3) is 0. The van der Waals surface area contributed by atoms with Crippen LogP contribution in [0, 0.1) is 0 Å². The summed E-state index contributed by atoms with van der Waals surface area (Å²) in [5, 5.41) is 7.80. The van der Waals surface area contributed by atoms with E-state index in [1.54, 1.807) is 11.3 Å². The molecule has 1 aromatic carbocycles. The van der Waals surface area contributed by atoms with Crippen LogP contribution in [0.4, 0.5) is 5.69 Å². The van der Waals surface area contributed by atoms with E-state index in [1.165, 1.54) is 0 Å².